The summed E-state index contributed by atoms with van der Waals surface area (Å²) in [6.45, 7) is 2.86. The largest absolute Gasteiger partial charge is 0.381 e. The van der Waals surface area contributed by atoms with Crippen LogP contribution in [0.2, 0.25) is 0 Å². The van der Waals surface area contributed by atoms with Gasteiger partial charge < -0.3 is 15.0 Å². The lowest BCUT2D eigenvalue weighted by atomic mass is 10.0. The van der Waals surface area contributed by atoms with Crippen LogP contribution in [0, 0.1) is 0 Å². The smallest absolute Gasteiger partial charge is 0.0480 e. The molecule has 0 bridgehead atoms. The zero-order chi connectivity index (χ0) is 12.8. The molecule has 1 aliphatic rings. The highest BCUT2D eigenvalue weighted by Gasteiger charge is 2.21. The van der Waals surface area contributed by atoms with E-state index in [2.05, 4.69) is 47.6 Å². The lowest BCUT2D eigenvalue weighted by molar-refractivity contribution is 0.0404. The van der Waals surface area contributed by atoms with Crippen LogP contribution in [0.5, 0.6) is 0 Å². The summed E-state index contributed by atoms with van der Waals surface area (Å²) in [5.74, 6) is 0. The highest BCUT2D eigenvalue weighted by Crippen LogP contribution is 2.18. The number of ether oxygens (including phenoxy) is 1. The molecule has 1 fully saturated rings. The Labute approximate surface area is 110 Å². The van der Waals surface area contributed by atoms with Crippen LogP contribution in [0.15, 0.2) is 30.3 Å². The van der Waals surface area contributed by atoms with Gasteiger partial charge in [0.05, 0.1) is 0 Å². The van der Waals surface area contributed by atoms with Gasteiger partial charge in [-0.15, -0.1) is 0 Å². The van der Waals surface area contributed by atoms with Crippen LogP contribution in [0.4, 0.5) is 0 Å². The molecule has 100 valence electrons. The Balaban J connectivity index is 1.93. The van der Waals surface area contributed by atoms with Crippen molar-refractivity contribution in [2.75, 3.05) is 33.9 Å². The first-order valence-electron chi connectivity index (χ1n) is 6.81. The molecule has 1 aliphatic heterocycles. The molecule has 3 nitrogen and oxygen atoms in total. The highest BCUT2D eigenvalue weighted by molar-refractivity contribution is 5.19. The monoisotopic (exact) mass is 248 g/mol. The molecule has 0 saturated carbocycles. The van der Waals surface area contributed by atoms with Gasteiger partial charge >= 0.3 is 0 Å². The maximum Gasteiger partial charge on any atom is 0.0480 e. The zero-order valence-corrected chi connectivity index (χ0v) is 11.4. The molecule has 1 heterocycles. The molecule has 1 unspecified atom stereocenters. The fourth-order valence-electron chi connectivity index (χ4n) is 2.61. The minimum absolute atomic E-state index is 0.402. The average Bonchev–Trinajstić information content (AvgIpc) is 2.46. The van der Waals surface area contributed by atoms with Gasteiger partial charge in [-0.3, -0.25) is 0 Å². The van der Waals surface area contributed by atoms with E-state index in [0.29, 0.717) is 12.1 Å². The molecule has 0 spiro atoms. The van der Waals surface area contributed by atoms with Crippen LogP contribution in [0.3, 0.4) is 0 Å². The second-order valence-corrected chi connectivity index (χ2v) is 5.04. The molecule has 18 heavy (non-hydrogen) atoms. The van der Waals surface area contributed by atoms with Crippen LogP contribution in [0.25, 0.3) is 0 Å². The molecule has 0 aromatic heterocycles. The predicted molar refractivity (Wildman–Crippen MR) is 74.7 cm³/mol. The van der Waals surface area contributed by atoms with Crippen molar-refractivity contribution in [1.82, 2.24) is 10.2 Å². The van der Waals surface area contributed by atoms with Crippen molar-refractivity contribution in [2.45, 2.75) is 24.9 Å². The van der Waals surface area contributed by atoms with Gasteiger partial charge in [0.25, 0.3) is 0 Å². The van der Waals surface area contributed by atoms with Crippen LogP contribution >= 0.6 is 0 Å². The van der Waals surface area contributed by atoms with E-state index in [-0.39, 0.29) is 0 Å². The van der Waals surface area contributed by atoms with E-state index in [4.69, 9.17) is 4.74 Å². The molecule has 0 aliphatic carbocycles. The normalized spacial score (nSPS) is 19.1. The summed E-state index contributed by atoms with van der Waals surface area (Å²) < 4.78 is 5.42. The van der Waals surface area contributed by atoms with Crippen LogP contribution in [-0.2, 0) is 4.74 Å². The van der Waals surface area contributed by atoms with Gasteiger partial charge in [-0.05, 0) is 32.5 Å². The van der Waals surface area contributed by atoms with E-state index in [1.54, 1.807) is 0 Å². The molecule has 1 saturated heterocycles. The molecule has 1 aromatic rings. The Morgan fingerprint density at radius 2 is 1.94 bits per heavy atom. The standard InChI is InChI=1S/C15H24N2O/c1-16-15(13-6-4-3-5-7-13)12-17(2)14-8-10-18-11-9-14/h3-7,14-16H,8-12H2,1-2H3. The van der Waals surface area contributed by atoms with Gasteiger partial charge in [0.2, 0.25) is 0 Å². The van der Waals surface area contributed by atoms with Crippen molar-refractivity contribution in [2.24, 2.45) is 0 Å². The van der Waals surface area contributed by atoms with E-state index in [0.717, 1.165) is 32.6 Å². The van der Waals surface area contributed by atoms with Crippen LogP contribution in [-0.4, -0.2) is 44.8 Å². The summed E-state index contributed by atoms with van der Waals surface area (Å²) in [6, 6.07) is 11.7. The third kappa shape index (κ3) is 3.55. The molecular formula is C15H24N2O. The van der Waals surface area contributed by atoms with Crippen molar-refractivity contribution < 1.29 is 4.74 Å². The molecule has 0 amide bonds. The second-order valence-electron chi connectivity index (χ2n) is 5.04. The van der Waals surface area contributed by atoms with Crippen molar-refractivity contribution >= 4 is 0 Å². The van der Waals surface area contributed by atoms with Crippen molar-refractivity contribution in [3.05, 3.63) is 35.9 Å². The number of hydrogen-bond donors (Lipinski definition) is 1. The Morgan fingerprint density at radius 3 is 2.56 bits per heavy atom. The Kier molecular flexibility index (Phi) is 5.17. The van der Waals surface area contributed by atoms with Gasteiger partial charge in [-0.25, -0.2) is 0 Å². The Bertz CT molecular complexity index is 336. The van der Waals surface area contributed by atoms with Crippen molar-refractivity contribution in [3.8, 4) is 0 Å². The fourth-order valence-corrected chi connectivity index (χ4v) is 2.61. The van der Waals surface area contributed by atoms with Gasteiger partial charge in [-0.1, -0.05) is 30.3 Å². The third-order valence-corrected chi connectivity index (χ3v) is 3.84. The third-order valence-electron chi connectivity index (χ3n) is 3.84. The Morgan fingerprint density at radius 1 is 1.28 bits per heavy atom. The van der Waals surface area contributed by atoms with Gasteiger partial charge in [-0.2, -0.15) is 0 Å². The lowest BCUT2D eigenvalue weighted by Gasteiger charge is -2.33. The second kappa shape index (κ2) is 6.88. The number of hydrogen-bond acceptors (Lipinski definition) is 3. The van der Waals surface area contributed by atoms with Crippen molar-refractivity contribution in [3.63, 3.8) is 0 Å². The summed E-state index contributed by atoms with van der Waals surface area (Å²) >= 11 is 0. The molecule has 1 atom stereocenters. The predicted octanol–water partition coefficient (Wildman–Crippen LogP) is 2.06. The van der Waals surface area contributed by atoms with Gasteiger partial charge in [0.1, 0.15) is 0 Å². The fraction of sp³-hybridized carbons (Fsp3) is 0.600. The molecule has 0 radical (unpaired) electrons. The first-order valence-corrected chi connectivity index (χ1v) is 6.81. The molecule has 1 aromatic carbocycles. The molecule has 3 heteroatoms. The van der Waals surface area contributed by atoms with Crippen LogP contribution < -0.4 is 5.32 Å². The van der Waals surface area contributed by atoms with E-state index in [9.17, 15) is 0 Å². The SMILES string of the molecule is CNC(CN(C)C1CCOCC1)c1ccccc1. The van der Waals surface area contributed by atoms with E-state index >= 15 is 0 Å². The number of nitrogens with one attached hydrogen (secondary N) is 1. The number of nitrogens with zero attached hydrogens (tertiary/aromatic N) is 1. The van der Waals surface area contributed by atoms with Gasteiger partial charge in [0, 0.05) is 31.8 Å². The first kappa shape index (κ1) is 13.5. The van der Waals surface area contributed by atoms with E-state index < -0.39 is 0 Å². The van der Waals surface area contributed by atoms with E-state index in [1.807, 2.05) is 7.05 Å². The number of benzene rings is 1. The maximum absolute atomic E-state index is 5.42. The molecular weight excluding hydrogens is 224 g/mol. The summed E-state index contributed by atoms with van der Waals surface area (Å²) in [5, 5.41) is 3.42. The number of rotatable bonds is 5. The molecule has 1 N–H and O–H groups in total. The summed E-state index contributed by atoms with van der Waals surface area (Å²) in [4.78, 5) is 2.47. The lowest BCUT2D eigenvalue weighted by Crippen LogP contribution is -2.41. The van der Waals surface area contributed by atoms with E-state index in [1.165, 1.54) is 5.56 Å². The van der Waals surface area contributed by atoms with Gasteiger partial charge in [0.15, 0.2) is 0 Å². The van der Waals surface area contributed by atoms with Crippen LogP contribution in [0.1, 0.15) is 24.4 Å². The highest BCUT2D eigenvalue weighted by atomic mass is 16.5. The summed E-state index contributed by atoms with van der Waals surface area (Å²) in [6.07, 6.45) is 2.31. The minimum Gasteiger partial charge on any atom is -0.381 e. The minimum atomic E-state index is 0.402. The average molecular weight is 248 g/mol. The summed E-state index contributed by atoms with van der Waals surface area (Å²) in [7, 11) is 4.26. The maximum atomic E-state index is 5.42. The first-order chi connectivity index (χ1) is 8.81. The number of likely N-dealkylation sites (N-methyl/N-ethyl adjacent to an activating group) is 2. The summed E-state index contributed by atoms with van der Waals surface area (Å²) in [5.41, 5.74) is 1.36. The van der Waals surface area contributed by atoms with Crippen molar-refractivity contribution in [1.29, 1.82) is 0 Å². The molecule has 2 rings (SSSR count). The Hall–Kier alpha value is -0.900. The quantitative estimate of drug-likeness (QED) is 0.863. The zero-order valence-electron chi connectivity index (χ0n) is 11.4. The topological polar surface area (TPSA) is 24.5 Å².